The van der Waals surface area contributed by atoms with Crippen molar-refractivity contribution in [2.75, 3.05) is 6.54 Å². The first-order chi connectivity index (χ1) is 20.9. The van der Waals surface area contributed by atoms with Crippen molar-refractivity contribution >= 4 is 17.9 Å². The quantitative estimate of drug-likeness (QED) is 0.115. The van der Waals surface area contributed by atoms with E-state index in [1.54, 1.807) is 29.8 Å². The molecule has 1 aromatic heterocycles. The van der Waals surface area contributed by atoms with Gasteiger partial charge in [-0.05, 0) is 67.0 Å². The number of para-hydroxylation sites is 1. The Hall–Kier alpha value is -5.29. The van der Waals surface area contributed by atoms with Crippen molar-refractivity contribution in [3.05, 3.63) is 119 Å². The molecule has 7 nitrogen and oxygen atoms in total. The zero-order valence-electron chi connectivity index (χ0n) is 24.1. The minimum Gasteiger partial charge on any atom is -0.489 e. The number of nitriles is 1. The third-order valence-corrected chi connectivity index (χ3v) is 7.30. The number of imide groups is 1. The SMILES string of the molecule is CCCCCN1C(=O)C(C#N)=C(C)/C(=C\c2cn(-c3ccccc3)nc2-c2cccc(OCc3ccc(F)cc3)c2)C1=O. The fraction of sp³-hybridized carbons (Fsp3) is 0.200. The van der Waals surface area contributed by atoms with Crippen LogP contribution >= 0.6 is 0 Å². The molecule has 3 aromatic carbocycles. The van der Waals surface area contributed by atoms with E-state index in [0.717, 1.165) is 29.7 Å². The fourth-order valence-electron chi connectivity index (χ4n) is 4.92. The minimum absolute atomic E-state index is 0.0319. The highest BCUT2D eigenvalue weighted by Crippen LogP contribution is 2.32. The van der Waals surface area contributed by atoms with Crippen LogP contribution in [0.1, 0.15) is 44.2 Å². The summed E-state index contributed by atoms with van der Waals surface area (Å²) < 4.78 is 21.0. The summed E-state index contributed by atoms with van der Waals surface area (Å²) in [6, 6.07) is 25.2. The Morgan fingerprint density at radius 2 is 1.74 bits per heavy atom. The number of carbonyl (C=O) groups excluding carboxylic acids is 2. The lowest BCUT2D eigenvalue weighted by molar-refractivity contribution is -0.140. The molecular weight excluding hydrogens is 543 g/mol. The second-order valence-corrected chi connectivity index (χ2v) is 10.3. The van der Waals surface area contributed by atoms with Crippen LogP contribution in [0, 0.1) is 17.1 Å². The number of benzene rings is 3. The summed E-state index contributed by atoms with van der Waals surface area (Å²) >= 11 is 0. The lowest BCUT2D eigenvalue weighted by atomic mass is 9.93. The molecule has 4 aromatic rings. The van der Waals surface area contributed by atoms with E-state index >= 15 is 0 Å². The first-order valence-electron chi connectivity index (χ1n) is 14.2. The van der Waals surface area contributed by atoms with Crippen LogP contribution in [-0.2, 0) is 16.2 Å². The Morgan fingerprint density at radius 1 is 0.977 bits per heavy atom. The van der Waals surface area contributed by atoms with Gasteiger partial charge in [-0.15, -0.1) is 0 Å². The van der Waals surface area contributed by atoms with Gasteiger partial charge in [-0.25, -0.2) is 9.07 Å². The molecule has 0 radical (unpaired) electrons. The summed E-state index contributed by atoms with van der Waals surface area (Å²) in [5.74, 6) is -0.686. The molecular formula is C35H31FN4O3. The average Bonchev–Trinajstić information content (AvgIpc) is 3.45. The maximum atomic E-state index is 13.6. The van der Waals surface area contributed by atoms with Gasteiger partial charge in [0.15, 0.2) is 0 Å². The molecule has 43 heavy (non-hydrogen) atoms. The van der Waals surface area contributed by atoms with Crippen LogP contribution in [0.3, 0.4) is 0 Å². The second kappa shape index (κ2) is 13.1. The summed E-state index contributed by atoms with van der Waals surface area (Å²) in [6.45, 7) is 4.20. The number of hydrogen-bond acceptors (Lipinski definition) is 5. The van der Waals surface area contributed by atoms with Gasteiger partial charge in [0.2, 0.25) is 0 Å². The van der Waals surface area contributed by atoms with Crippen LogP contribution in [-0.4, -0.2) is 33.0 Å². The average molecular weight is 575 g/mol. The third kappa shape index (κ3) is 6.47. The molecule has 0 spiro atoms. The number of carbonyl (C=O) groups is 2. The van der Waals surface area contributed by atoms with Crippen molar-refractivity contribution in [2.45, 2.75) is 39.7 Å². The van der Waals surface area contributed by atoms with Crippen molar-refractivity contribution < 1.29 is 18.7 Å². The van der Waals surface area contributed by atoms with Crippen LogP contribution in [0.15, 0.2) is 102 Å². The number of aromatic nitrogens is 2. The number of hydrogen-bond donors (Lipinski definition) is 0. The molecule has 0 N–H and O–H groups in total. The number of halogens is 1. The summed E-state index contributed by atoms with van der Waals surface area (Å²) in [5.41, 5.74) is 4.24. The van der Waals surface area contributed by atoms with Gasteiger partial charge < -0.3 is 4.74 Å². The summed E-state index contributed by atoms with van der Waals surface area (Å²) in [4.78, 5) is 27.8. The Kier molecular flexibility index (Phi) is 8.92. The molecule has 2 amide bonds. The van der Waals surface area contributed by atoms with Crippen molar-refractivity contribution in [2.24, 2.45) is 0 Å². The van der Waals surface area contributed by atoms with Gasteiger partial charge in [0.1, 0.15) is 35.5 Å². The Balaban J connectivity index is 1.56. The van der Waals surface area contributed by atoms with Crippen molar-refractivity contribution in [1.82, 2.24) is 14.7 Å². The van der Waals surface area contributed by atoms with Gasteiger partial charge in [0, 0.05) is 29.4 Å². The van der Waals surface area contributed by atoms with Crippen LogP contribution in [0.4, 0.5) is 4.39 Å². The highest BCUT2D eigenvalue weighted by Gasteiger charge is 2.35. The molecule has 0 unspecified atom stereocenters. The molecule has 0 aliphatic carbocycles. The largest absolute Gasteiger partial charge is 0.489 e. The van der Waals surface area contributed by atoms with E-state index in [9.17, 15) is 19.2 Å². The van der Waals surface area contributed by atoms with Gasteiger partial charge in [-0.2, -0.15) is 10.4 Å². The normalized spacial score (nSPS) is 14.4. The smallest absolute Gasteiger partial charge is 0.271 e. The highest BCUT2D eigenvalue weighted by molar-refractivity contribution is 6.19. The molecule has 0 atom stereocenters. The van der Waals surface area contributed by atoms with E-state index in [0.29, 0.717) is 29.0 Å². The Labute approximate surface area is 250 Å². The van der Waals surface area contributed by atoms with E-state index in [4.69, 9.17) is 9.84 Å². The predicted octanol–water partition coefficient (Wildman–Crippen LogP) is 7.04. The number of unbranched alkanes of at least 4 members (excludes halogenated alkanes) is 2. The number of ether oxygens (including phenoxy) is 1. The molecule has 1 aliphatic rings. The molecule has 1 aliphatic heterocycles. The summed E-state index contributed by atoms with van der Waals surface area (Å²) in [5, 5.41) is 14.7. The minimum atomic E-state index is -0.551. The van der Waals surface area contributed by atoms with Crippen molar-refractivity contribution in [1.29, 1.82) is 5.26 Å². The number of nitrogens with zero attached hydrogens (tertiary/aromatic N) is 4. The first kappa shape index (κ1) is 29.2. The highest BCUT2D eigenvalue weighted by atomic mass is 19.1. The van der Waals surface area contributed by atoms with Crippen LogP contribution in [0.25, 0.3) is 23.0 Å². The van der Waals surface area contributed by atoms with E-state index in [2.05, 4.69) is 0 Å². The summed E-state index contributed by atoms with van der Waals surface area (Å²) in [6.07, 6.45) is 6.01. The van der Waals surface area contributed by atoms with Crippen LogP contribution < -0.4 is 4.74 Å². The maximum Gasteiger partial charge on any atom is 0.271 e. The molecule has 0 fully saturated rings. The van der Waals surface area contributed by atoms with Crippen molar-refractivity contribution in [3.63, 3.8) is 0 Å². The fourth-order valence-corrected chi connectivity index (χ4v) is 4.92. The van der Waals surface area contributed by atoms with Gasteiger partial charge in [-0.1, -0.05) is 62.2 Å². The van der Waals surface area contributed by atoms with Gasteiger partial charge in [-0.3, -0.25) is 14.5 Å². The zero-order valence-corrected chi connectivity index (χ0v) is 24.1. The number of rotatable bonds is 10. The van der Waals surface area contributed by atoms with E-state index in [-0.39, 0.29) is 30.1 Å². The standard InChI is InChI=1S/C35H31FN4O3/c1-3-4-8-18-39-34(41)31(24(2)32(21-37)35(39)42)20-27-22-40(29-11-6-5-7-12-29)38-33(27)26-10-9-13-30(19-26)43-23-25-14-16-28(36)17-15-25/h5-7,9-17,19-20,22H,3-4,8,18,23H2,1-2H3/b31-20+. The van der Waals surface area contributed by atoms with Crippen LogP contribution in [0.2, 0.25) is 0 Å². The Bertz CT molecular complexity index is 1750. The topological polar surface area (TPSA) is 88.2 Å². The van der Waals surface area contributed by atoms with Crippen LogP contribution in [0.5, 0.6) is 5.75 Å². The molecule has 5 rings (SSSR count). The number of amides is 2. The molecule has 0 saturated carbocycles. The zero-order chi connectivity index (χ0) is 30.3. The molecule has 2 heterocycles. The summed E-state index contributed by atoms with van der Waals surface area (Å²) in [7, 11) is 0. The lowest BCUT2D eigenvalue weighted by Crippen LogP contribution is -2.43. The molecule has 0 bridgehead atoms. The molecule has 216 valence electrons. The van der Waals surface area contributed by atoms with E-state index < -0.39 is 11.8 Å². The predicted molar refractivity (Wildman–Crippen MR) is 162 cm³/mol. The molecule has 8 heteroatoms. The third-order valence-electron chi connectivity index (χ3n) is 7.30. The monoisotopic (exact) mass is 574 g/mol. The van der Waals surface area contributed by atoms with Gasteiger partial charge in [0.25, 0.3) is 11.8 Å². The first-order valence-corrected chi connectivity index (χ1v) is 14.2. The van der Waals surface area contributed by atoms with Gasteiger partial charge >= 0.3 is 0 Å². The lowest BCUT2D eigenvalue weighted by Gasteiger charge is -2.27. The maximum absolute atomic E-state index is 13.6. The van der Waals surface area contributed by atoms with Crippen molar-refractivity contribution in [3.8, 4) is 28.8 Å². The van der Waals surface area contributed by atoms with E-state index in [1.807, 2.05) is 73.8 Å². The van der Waals surface area contributed by atoms with Gasteiger partial charge in [0.05, 0.1) is 5.69 Å². The Morgan fingerprint density at radius 3 is 2.47 bits per heavy atom. The second-order valence-electron chi connectivity index (χ2n) is 10.3. The molecule has 0 saturated heterocycles. The van der Waals surface area contributed by atoms with E-state index in [1.165, 1.54) is 17.0 Å².